The second-order valence-electron chi connectivity index (χ2n) is 8.11. The van der Waals surface area contributed by atoms with Gasteiger partial charge in [-0.2, -0.15) is 0 Å². The molecule has 1 aliphatic carbocycles. The molecule has 1 saturated carbocycles. The highest BCUT2D eigenvalue weighted by Gasteiger charge is 2.28. The van der Waals surface area contributed by atoms with Gasteiger partial charge in [-0.15, -0.1) is 11.8 Å². The monoisotopic (exact) mass is 442 g/mol. The smallest absolute Gasteiger partial charge is 0.242 e. The molecule has 2 amide bonds. The van der Waals surface area contributed by atoms with Gasteiger partial charge < -0.3 is 10.2 Å². The number of amides is 2. The number of benzene rings is 2. The van der Waals surface area contributed by atoms with Crippen LogP contribution in [-0.4, -0.2) is 34.6 Å². The topological polar surface area (TPSA) is 49.4 Å². The number of carbonyl (C=O) groups is 2. The zero-order valence-electron chi connectivity index (χ0n) is 18.1. The summed E-state index contributed by atoms with van der Waals surface area (Å²) in [7, 11) is 0. The predicted molar refractivity (Wildman–Crippen MR) is 124 cm³/mol. The van der Waals surface area contributed by atoms with Gasteiger partial charge >= 0.3 is 0 Å². The maximum absolute atomic E-state index is 13.9. The Hall–Kier alpha value is -2.34. The van der Waals surface area contributed by atoms with Gasteiger partial charge in [0.15, 0.2) is 0 Å². The maximum atomic E-state index is 13.9. The fourth-order valence-corrected chi connectivity index (χ4v) is 4.77. The molecule has 0 spiro atoms. The van der Waals surface area contributed by atoms with E-state index >= 15 is 0 Å². The minimum Gasteiger partial charge on any atom is -0.352 e. The van der Waals surface area contributed by atoms with Crippen molar-refractivity contribution in [2.75, 3.05) is 5.75 Å². The van der Waals surface area contributed by atoms with Crippen LogP contribution in [0.15, 0.2) is 54.6 Å². The number of hydrogen-bond acceptors (Lipinski definition) is 3. The molecule has 6 heteroatoms. The summed E-state index contributed by atoms with van der Waals surface area (Å²) in [5, 5.41) is 3.14. The molecule has 0 bridgehead atoms. The Kier molecular flexibility index (Phi) is 8.95. The fourth-order valence-electron chi connectivity index (χ4n) is 3.88. The summed E-state index contributed by atoms with van der Waals surface area (Å²) in [5.74, 6) is 0.137. The Morgan fingerprint density at radius 3 is 2.45 bits per heavy atom. The summed E-state index contributed by atoms with van der Waals surface area (Å²) < 4.78 is 13.9. The third kappa shape index (κ3) is 7.10. The third-order valence-electron chi connectivity index (χ3n) is 5.76. The molecule has 0 radical (unpaired) electrons. The Labute approximate surface area is 188 Å². The van der Waals surface area contributed by atoms with Crippen molar-refractivity contribution in [3.63, 3.8) is 0 Å². The van der Waals surface area contributed by atoms with Gasteiger partial charge in [0, 0.05) is 18.3 Å². The third-order valence-corrected chi connectivity index (χ3v) is 6.72. The molecule has 2 aromatic carbocycles. The van der Waals surface area contributed by atoms with Gasteiger partial charge in [-0.3, -0.25) is 9.59 Å². The Morgan fingerprint density at radius 1 is 1.06 bits per heavy atom. The average Bonchev–Trinajstić information content (AvgIpc) is 2.79. The zero-order chi connectivity index (χ0) is 22.1. The van der Waals surface area contributed by atoms with Gasteiger partial charge in [0.25, 0.3) is 0 Å². The van der Waals surface area contributed by atoms with Crippen molar-refractivity contribution in [1.82, 2.24) is 10.2 Å². The lowest BCUT2D eigenvalue weighted by molar-refractivity contribution is -0.139. The van der Waals surface area contributed by atoms with Gasteiger partial charge in [0.05, 0.1) is 5.75 Å². The van der Waals surface area contributed by atoms with E-state index in [1.807, 2.05) is 30.3 Å². The van der Waals surface area contributed by atoms with E-state index < -0.39 is 6.04 Å². The van der Waals surface area contributed by atoms with E-state index in [1.54, 1.807) is 30.0 Å². The highest BCUT2D eigenvalue weighted by molar-refractivity contribution is 7.99. The van der Waals surface area contributed by atoms with Crippen LogP contribution in [0.2, 0.25) is 0 Å². The Morgan fingerprint density at radius 2 is 1.74 bits per heavy atom. The number of hydrogen-bond donors (Lipinski definition) is 1. The van der Waals surface area contributed by atoms with E-state index in [-0.39, 0.29) is 29.4 Å². The van der Waals surface area contributed by atoms with Gasteiger partial charge in [-0.25, -0.2) is 4.39 Å². The molecule has 0 heterocycles. The highest BCUT2D eigenvalue weighted by atomic mass is 32.2. The van der Waals surface area contributed by atoms with Gasteiger partial charge in [0.2, 0.25) is 11.8 Å². The second-order valence-corrected chi connectivity index (χ2v) is 9.10. The molecule has 0 aliphatic heterocycles. The van der Waals surface area contributed by atoms with Crippen molar-refractivity contribution in [2.45, 2.75) is 63.4 Å². The summed E-state index contributed by atoms with van der Waals surface area (Å²) in [6, 6.07) is 15.9. The standard InChI is InChI=1S/C25H31FN2O2S/c1-19(25(30)27-22-13-6-3-7-14-22)28(16-20-10-4-2-5-11-20)24(29)18-31-17-21-12-8-9-15-23(21)26/h2,4-5,8-12,15,19,22H,3,6-7,13-14,16-18H2,1H3,(H,27,30)/t19-/m1/s1. The molecule has 0 aromatic heterocycles. The van der Waals surface area contributed by atoms with Crippen LogP contribution in [-0.2, 0) is 21.9 Å². The van der Waals surface area contributed by atoms with Crippen LogP contribution in [0.5, 0.6) is 0 Å². The first-order valence-electron chi connectivity index (χ1n) is 11.0. The van der Waals surface area contributed by atoms with Crippen LogP contribution >= 0.6 is 11.8 Å². The summed E-state index contributed by atoms with van der Waals surface area (Å²) in [5.41, 5.74) is 1.56. The second kappa shape index (κ2) is 11.9. The fraction of sp³-hybridized carbons (Fsp3) is 0.440. The number of carbonyl (C=O) groups excluding carboxylic acids is 2. The number of rotatable bonds is 9. The lowest BCUT2D eigenvalue weighted by Gasteiger charge is -2.31. The molecule has 2 aromatic rings. The summed E-state index contributed by atoms with van der Waals surface area (Å²) in [4.78, 5) is 27.7. The molecule has 1 atom stereocenters. The van der Waals surface area contributed by atoms with E-state index in [9.17, 15) is 14.0 Å². The van der Waals surface area contributed by atoms with E-state index in [1.165, 1.54) is 24.2 Å². The number of thioether (sulfide) groups is 1. The normalized spacial score (nSPS) is 15.3. The summed E-state index contributed by atoms with van der Waals surface area (Å²) in [6.45, 7) is 2.17. The van der Waals surface area contributed by atoms with E-state index in [2.05, 4.69) is 5.32 Å². The minimum atomic E-state index is -0.566. The molecule has 1 N–H and O–H groups in total. The highest BCUT2D eigenvalue weighted by Crippen LogP contribution is 2.20. The van der Waals surface area contributed by atoms with Crippen molar-refractivity contribution in [3.8, 4) is 0 Å². The SMILES string of the molecule is C[C@H](C(=O)NC1CCCCC1)N(Cc1ccccc1)C(=O)CSCc1ccccc1F. The van der Waals surface area contributed by atoms with E-state index in [4.69, 9.17) is 0 Å². The van der Waals surface area contributed by atoms with Crippen LogP contribution in [0.4, 0.5) is 4.39 Å². The molecule has 31 heavy (non-hydrogen) atoms. The predicted octanol–water partition coefficient (Wildman–Crippen LogP) is 4.93. The van der Waals surface area contributed by atoms with Crippen LogP contribution in [0, 0.1) is 5.82 Å². The lowest BCUT2D eigenvalue weighted by Crippen LogP contribution is -2.50. The van der Waals surface area contributed by atoms with Crippen molar-refractivity contribution >= 4 is 23.6 Å². The van der Waals surface area contributed by atoms with Gasteiger partial charge in [-0.05, 0) is 37.0 Å². The molecule has 1 fully saturated rings. The molecule has 1 aliphatic rings. The van der Waals surface area contributed by atoms with Gasteiger partial charge in [-0.1, -0.05) is 67.8 Å². The molecular weight excluding hydrogens is 411 g/mol. The van der Waals surface area contributed by atoms with Crippen LogP contribution in [0.3, 0.4) is 0 Å². The molecule has 4 nitrogen and oxygen atoms in total. The first-order valence-corrected chi connectivity index (χ1v) is 12.1. The Bertz CT molecular complexity index is 856. The molecule has 0 unspecified atom stereocenters. The molecule has 0 saturated heterocycles. The minimum absolute atomic E-state index is 0.102. The largest absolute Gasteiger partial charge is 0.352 e. The maximum Gasteiger partial charge on any atom is 0.242 e. The number of nitrogens with zero attached hydrogens (tertiary/aromatic N) is 1. The quantitative estimate of drug-likeness (QED) is 0.599. The van der Waals surface area contributed by atoms with Crippen molar-refractivity contribution in [2.24, 2.45) is 0 Å². The zero-order valence-corrected chi connectivity index (χ0v) is 18.9. The molecular formula is C25H31FN2O2S. The van der Waals surface area contributed by atoms with Crippen molar-refractivity contribution < 1.29 is 14.0 Å². The van der Waals surface area contributed by atoms with Crippen LogP contribution in [0.25, 0.3) is 0 Å². The van der Waals surface area contributed by atoms with Crippen LogP contribution in [0.1, 0.15) is 50.2 Å². The number of nitrogens with one attached hydrogen (secondary N) is 1. The molecule has 3 rings (SSSR count). The lowest BCUT2D eigenvalue weighted by atomic mass is 9.95. The van der Waals surface area contributed by atoms with Crippen molar-refractivity contribution in [3.05, 3.63) is 71.5 Å². The van der Waals surface area contributed by atoms with Gasteiger partial charge in [0.1, 0.15) is 11.9 Å². The first-order chi connectivity index (χ1) is 15.0. The van der Waals surface area contributed by atoms with Crippen LogP contribution < -0.4 is 5.32 Å². The average molecular weight is 443 g/mol. The number of halogens is 1. The molecule has 166 valence electrons. The summed E-state index contributed by atoms with van der Waals surface area (Å²) in [6.07, 6.45) is 5.50. The van der Waals surface area contributed by atoms with E-state index in [0.717, 1.165) is 31.2 Å². The van der Waals surface area contributed by atoms with Crippen molar-refractivity contribution in [1.29, 1.82) is 0 Å². The Balaban J connectivity index is 1.63. The summed E-state index contributed by atoms with van der Waals surface area (Å²) >= 11 is 1.37. The first kappa shape index (κ1) is 23.3. The van der Waals surface area contributed by atoms with E-state index in [0.29, 0.717) is 17.9 Å².